The molecular formula is C23H22FN3O3. The van der Waals surface area contributed by atoms with Gasteiger partial charge in [0.25, 0.3) is 5.91 Å². The number of benzene rings is 3. The first-order valence-electron chi connectivity index (χ1n) is 9.38. The highest BCUT2D eigenvalue weighted by atomic mass is 19.1. The standard InChI is InChI=1S/C23H22FN3O3/c1-30-21-10-8-16(9-11-21)12-13-25-23(29)27-19-6-2-4-17(14-19)22(28)26-20-7-3-5-18(24)15-20/h2-11,14-15H,12-13H2,1H3,(H,26,28)(H2,25,27,29). The maximum atomic E-state index is 13.3. The molecule has 0 radical (unpaired) electrons. The Morgan fingerprint density at radius 1 is 0.900 bits per heavy atom. The van der Waals surface area contributed by atoms with Crippen LogP contribution in [0.4, 0.5) is 20.6 Å². The molecule has 30 heavy (non-hydrogen) atoms. The lowest BCUT2D eigenvalue weighted by atomic mass is 10.1. The monoisotopic (exact) mass is 407 g/mol. The molecule has 0 aliphatic rings. The molecule has 0 aromatic heterocycles. The molecule has 0 saturated heterocycles. The van der Waals surface area contributed by atoms with Crippen LogP contribution in [0.25, 0.3) is 0 Å². The molecule has 0 saturated carbocycles. The minimum atomic E-state index is -0.436. The second-order valence-electron chi connectivity index (χ2n) is 6.52. The summed E-state index contributed by atoms with van der Waals surface area (Å²) in [4.78, 5) is 24.5. The molecule has 0 fully saturated rings. The fourth-order valence-corrected chi connectivity index (χ4v) is 2.80. The number of hydrogen-bond acceptors (Lipinski definition) is 3. The first kappa shape index (κ1) is 20.9. The van der Waals surface area contributed by atoms with E-state index in [-0.39, 0.29) is 6.03 Å². The van der Waals surface area contributed by atoms with Crippen LogP contribution in [0.2, 0.25) is 0 Å². The molecule has 3 amide bonds. The van der Waals surface area contributed by atoms with Crippen LogP contribution in [0.1, 0.15) is 15.9 Å². The molecule has 0 aliphatic heterocycles. The van der Waals surface area contributed by atoms with Crippen molar-refractivity contribution in [3.63, 3.8) is 0 Å². The highest BCUT2D eigenvalue weighted by molar-refractivity contribution is 6.05. The Kier molecular flexibility index (Phi) is 7.00. The number of ether oxygens (including phenoxy) is 1. The summed E-state index contributed by atoms with van der Waals surface area (Å²) in [6.45, 7) is 0.456. The molecule has 0 heterocycles. The molecule has 3 rings (SSSR count). The van der Waals surface area contributed by atoms with Gasteiger partial charge in [-0.05, 0) is 60.5 Å². The Hall–Kier alpha value is -3.87. The van der Waals surface area contributed by atoms with Crippen LogP contribution < -0.4 is 20.7 Å². The number of rotatable bonds is 7. The van der Waals surface area contributed by atoms with E-state index in [0.717, 1.165) is 11.3 Å². The van der Waals surface area contributed by atoms with E-state index in [1.54, 1.807) is 37.4 Å². The zero-order chi connectivity index (χ0) is 21.3. The van der Waals surface area contributed by atoms with Gasteiger partial charge < -0.3 is 20.7 Å². The number of halogens is 1. The highest BCUT2D eigenvalue weighted by Gasteiger charge is 2.09. The van der Waals surface area contributed by atoms with E-state index in [1.165, 1.54) is 18.2 Å². The van der Waals surface area contributed by atoms with Gasteiger partial charge in [-0.15, -0.1) is 0 Å². The van der Waals surface area contributed by atoms with Crippen molar-refractivity contribution in [1.29, 1.82) is 0 Å². The van der Waals surface area contributed by atoms with Gasteiger partial charge in [0.1, 0.15) is 11.6 Å². The second kappa shape index (κ2) is 10.1. The fraction of sp³-hybridized carbons (Fsp3) is 0.130. The van der Waals surface area contributed by atoms with Crippen molar-refractivity contribution in [2.24, 2.45) is 0 Å². The number of amides is 3. The number of carbonyl (C=O) groups is 2. The van der Waals surface area contributed by atoms with Crippen LogP contribution in [0.15, 0.2) is 72.8 Å². The zero-order valence-electron chi connectivity index (χ0n) is 16.4. The summed E-state index contributed by atoms with van der Waals surface area (Å²) in [5.74, 6) is -0.0514. The van der Waals surface area contributed by atoms with E-state index in [4.69, 9.17) is 4.74 Å². The number of carbonyl (C=O) groups excluding carboxylic acids is 2. The van der Waals surface area contributed by atoms with Gasteiger partial charge in [-0.25, -0.2) is 9.18 Å². The molecule has 0 aliphatic carbocycles. The predicted molar refractivity (Wildman–Crippen MR) is 115 cm³/mol. The van der Waals surface area contributed by atoms with Gasteiger partial charge >= 0.3 is 6.03 Å². The Morgan fingerprint density at radius 3 is 2.30 bits per heavy atom. The number of hydrogen-bond donors (Lipinski definition) is 3. The van der Waals surface area contributed by atoms with Gasteiger partial charge in [-0.3, -0.25) is 4.79 Å². The molecule has 0 atom stereocenters. The summed E-state index contributed by atoms with van der Waals surface area (Å²) in [6.07, 6.45) is 0.674. The summed E-state index contributed by atoms with van der Waals surface area (Å²) in [5, 5.41) is 8.11. The minimum Gasteiger partial charge on any atom is -0.497 e. The van der Waals surface area contributed by atoms with Crippen molar-refractivity contribution >= 4 is 23.3 Å². The van der Waals surface area contributed by atoms with E-state index in [9.17, 15) is 14.0 Å². The number of anilines is 2. The molecule has 3 aromatic rings. The molecule has 0 unspecified atom stereocenters. The maximum absolute atomic E-state index is 13.3. The van der Waals surface area contributed by atoms with E-state index >= 15 is 0 Å². The van der Waals surface area contributed by atoms with Gasteiger partial charge in [0.2, 0.25) is 0 Å². The molecule has 7 heteroatoms. The third kappa shape index (κ3) is 6.07. The van der Waals surface area contributed by atoms with Crippen LogP contribution >= 0.6 is 0 Å². The molecule has 0 spiro atoms. The lowest BCUT2D eigenvalue weighted by Crippen LogP contribution is -2.30. The zero-order valence-corrected chi connectivity index (χ0v) is 16.4. The predicted octanol–water partition coefficient (Wildman–Crippen LogP) is 4.45. The van der Waals surface area contributed by atoms with Crippen molar-refractivity contribution in [2.75, 3.05) is 24.3 Å². The normalized spacial score (nSPS) is 10.2. The fourth-order valence-electron chi connectivity index (χ4n) is 2.80. The summed E-state index contributed by atoms with van der Waals surface area (Å²) >= 11 is 0. The van der Waals surface area contributed by atoms with Crippen molar-refractivity contribution in [1.82, 2.24) is 5.32 Å². The highest BCUT2D eigenvalue weighted by Crippen LogP contribution is 2.15. The van der Waals surface area contributed by atoms with Crippen molar-refractivity contribution in [3.8, 4) is 5.75 Å². The third-order valence-electron chi connectivity index (χ3n) is 4.32. The lowest BCUT2D eigenvalue weighted by molar-refractivity contribution is 0.102. The van der Waals surface area contributed by atoms with Crippen LogP contribution in [-0.2, 0) is 6.42 Å². The second-order valence-corrected chi connectivity index (χ2v) is 6.52. The number of methoxy groups -OCH3 is 1. The maximum Gasteiger partial charge on any atom is 0.319 e. The third-order valence-corrected chi connectivity index (χ3v) is 4.32. The molecule has 3 N–H and O–H groups in total. The van der Waals surface area contributed by atoms with Crippen LogP contribution in [-0.4, -0.2) is 25.6 Å². The Morgan fingerprint density at radius 2 is 1.60 bits per heavy atom. The van der Waals surface area contributed by atoms with Crippen LogP contribution in [0.3, 0.4) is 0 Å². The van der Waals surface area contributed by atoms with Gasteiger partial charge in [0.15, 0.2) is 0 Å². The topological polar surface area (TPSA) is 79.5 Å². The smallest absolute Gasteiger partial charge is 0.319 e. The Balaban J connectivity index is 1.51. The average Bonchev–Trinajstić information content (AvgIpc) is 2.74. The van der Waals surface area contributed by atoms with Gasteiger partial charge in [-0.2, -0.15) is 0 Å². The first-order valence-corrected chi connectivity index (χ1v) is 9.38. The van der Waals surface area contributed by atoms with Gasteiger partial charge in [0.05, 0.1) is 7.11 Å². The van der Waals surface area contributed by atoms with Gasteiger partial charge in [-0.1, -0.05) is 24.3 Å². The average molecular weight is 407 g/mol. The number of urea groups is 1. The first-order chi connectivity index (χ1) is 14.5. The molecule has 3 aromatic carbocycles. The summed E-state index contributed by atoms with van der Waals surface area (Å²) in [7, 11) is 1.61. The summed E-state index contributed by atoms with van der Waals surface area (Å²) in [6, 6.07) is 19.4. The van der Waals surface area contributed by atoms with Crippen molar-refractivity contribution in [2.45, 2.75) is 6.42 Å². The quantitative estimate of drug-likeness (QED) is 0.541. The summed E-state index contributed by atoms with van der Waals surface area (Å²) < 4.78 is 18.4. The molecular weight excluding hydrogens is 385 g/mol. The van der Waals surface area contributed by atoms with Crippen molar-refractivity contribution < 1.29 is 18.7 Å². The molecule has 0 bridgehead atoms. The lowest BCUT2D eigenvalue weighted by Gasteiger charge is -2.10. The Labute approximate surface area is 174 Å². The molecule has 6 nitrogen and oxygen atoms in total. The van der Waals surface area contributed by atoms with Crippen LogP contribution in [0.5, 0.6) is 5.75 Å². The van der Waals surface area contributed by atoms with E-state index in [2.05, 4.69) is 16.0 Å². The van der Waals surface area contributed by atoms with Crippen LogP contribution in [0, 0.1) is 5.82 Å². The SMILES string of the molecule is COc1ccc(CCNC(=O)Nc2cccc(C(=O)Nc3cccc(F)c3)c2)cc1. The van der Waals surface area contributed by atoms with E-state index in [0.29, 0.717) is 29.9 Å². The summed E-state index contributed by atoms with van der Waals surface area (Å²) in [5.41, 5.74) is 2.25. The minimum absolute atomic E-state index is 0.343. The van der Waals surface area contributed by atoms with E-state index in [1.807, 2.05) is 24.3 Å². The van der Waals surface area contributed by atoms with E-state index < -0.39 is 11.7 Å². The Bertz CT molecular complexity index is 1020. The largest absolute Gasteiger partial charge is 0.497 e. The number of nitrogens with one attached hydrogen (secondary N) is 3. The van der Waals surface area contributed by atoms with Gasteiger partial charge in [0, 0.05) is 23.5 Å². The van der Waals surface area contributed by atoms with Crippen molar-refractivity contribution in [3.05, 3.63) is 89.7 Å². The molecule has 154 valence electrons.